The van der Waals surface area contributed by atoms with Gasteiger partial charge in [0.05, 0.1) is 10.0 Å². The third-order valence-electron chi connectivity index (χ3n) is 4.43. The van der Waals surface area contributed by atoms with Gasteiger partial charge in [-0.15, -0.1) is 0 Å². The van der Waals surface area contributed by atoms with Gasteiger partial charge in [-0.1, -0.05) is 53.5 Å². The Kier molecular flexibility index (Phi) is 4.12. The van der Waals surface area contributed by atoms with E-state index < -0.39 is 15.7 Å². The van der Waals surface area contributed by atoms with Crippen LogP contribution in [0.15, 0.2) is 65.6 Å². The fourth-order valence-corrected chi connectivity index (χ4v) is 5.36. The molecule has 0 saturated carbocycles. The van der Waals surface area contributed by atoms with Crippen LogP contribution >= 0.6 is 23.2 Å². The Hall–Kier alpha value is -2.25. The Bertz CT molecular complexity index is 1120. The van der Waals surface area contributed by atoms with Crippen LogP contribution in [-0.2, 0) is 19.9 Å². The lowest BCUT2D eigenvalue weighted by Crippen LogP contribution is -2.30. The number of benzene rings is 3. The van der Waals surface area contributed by atoms with Crippen molar-refractivity contribution in [2.45, 2.75) is 10.5 Å². The highest BCUT2D eigenvalue weighted by Crippen LogP contribution is 2.53. The van der Waals surface area contributed by atoms with Crippen molar-refractivity contribution in [3.8, 4) is 11.5 Å². The monoisotopic (exact) mass is 422 g/mol. The van der Waals surface area contributed by atoms with Crippen LogP contribution in [0.2, 0.25) is 10.0 Å². The molecule has 0 bridgehead atoms. The molecular formula is C19H12Cl2O5S. The Morgan fingerprint density at radius 2 is 1.30 bits per heavy atom. The van der Waals surface area contributed by atoms with Crippen molar-refractivity contribution in [3.05, 3.63) is 87.4 Å². The first kappa shape index (κ1) is 18.1. The number of rotatable bonds is 2. The molecule has 0 amide bonds. The summed E-state index contributed by atoms with van der Waals surface area (Å²) in [5.74, 6) is -0.158. The minimum Gasteiger partial charge on any atom is -0.508 e. The van der Waals surface area contributed by atoms with Crippen molar-refractivity contribution >= 4 is 33.3 Å². The van der Waals surface area contributed by atoms with E-state index in [9.17, 15) is 18.6 Å². The van der Waals surface area contributed by atoms with Crippen molar-refractivity contribution in [1.82, 2.24) is 0 Å². The van der Waals surface area contributed by atoms with Crippen LogP contribution in [-0.4, -0.2) is 18.6 Å². The second-order valence-electron chi connectivity index (χ2n) is 6.04. The van der Waals surface area contributed by atoms with Gasteiger partial charge in [0.2, 0.25) is 0 Å². The zero-order valence-corrected chi connectivity index (χ0v) is 15.9. The number of phenols is 2. The molecule has 0 aliphatic carbocycles. The average Bonchev–Trinajstić information content (AvgIpc) is 2.84. The summed E-state index contributed by atoms with van der Waals surface area (Å²) in [5, 5.41) is 19.6. The van der Waals surface area contributed by atoms with Crippen LogP contribution in [0.4, 0.5) is 0 Å². The van der Waals surface area contributed by atoms with E-state index in [-0.39, 0.29) is 26.4 Å². The molecule has 0 radical (unpaired) electrons. The summed E-state index contributed by atoms with van der Waals surface area (Å²) in [4.78, 5) is -0.00159. The van der Waals surface area contributed by atoms with E-state index in [1.54, 1.807) is 18.2 Å². The first-order valence-corrected chi connectivity index (χ1v) is 9.95. The predicted molar refractivity (Wildman–Crippen MR) is 101 cm³/mol. The van der Waals surface area contributed by atoms with Gasteiger partial charge in [-0.2, -0.15) is 8.42 Å². The molecule has 3 aromatic rings. The Labute approximate surface area is 165 Å². The number of hydrogen-bond donors (Lipinski definition) is 2. The van der Waals surface area contributed by atoms with E-state index in [2.05, 4.69) is 0 Å². The molecule has 2 N–H and O–H groups in total. The molecule has 5 nitrogen and oxygen atoms in total. The maximum Gasteiger partial charge on any atom is 0.298 e. The van der Waals surface area contributed by atoms with Crippen molar-refractivity contribution in [2.75, 3.05) is 0 Å². The molecule has 0 unspecified atom stereocenters. The van der Waals surface area contributed by atoms with Gasteiger partial charge in [-0.3, -0.25) is 0 Å². The van der Waals surface area contributed by atoms with E-state index in [1.807, 2.05) is 0 Å². The van der Waals surface area contributed by atoms with Gasteiger partial charge in [0.25, 0.3) is 10.1 Å². The van der Waals surface area contributed by atoms with Gasteiger partial charge < -0.3 is 10.2 Å². The third kappa shape index (κ3) is 2.68. The van der Waals surface area contributed by atoms with Crippen LogP contribution in [0.25, 0.3) is 0 Å². The number of halogens is 2. The summed E-state index contributed by atoms with van der Waals surface area (Å²) < 4.78 is 31.2. The summed E-state index contributed by atoms with van der Waals surface area (Å²) in [7, 11) is -4.11. The second-order valence-corrected chi connectivity index (χ2v) is 8.37. The van der Waals surface area contributed by atoms with E-state index in [4.69, 9.17) is 27.4 Å². The normalized spacial score (nSPS) is 16.8. The molecular weight excluding hydrogens is 411 g/mol. The zero-order valence-electron chi connectivity index (χ0n) is 13.6. The van der Waals surface area contributed by atoms with Gasteiger partial charge in [-0.05, 0) is 30.3 Å². The Morgan fingerprint density at radius 1 is 0.778 bits per heavy atom. The lowest BCUT2D eigenvalue weighted by atomic mass is 9.80. The Morgan fingerprint density at radius 3 is 1.81 bits per heavy atom. The molecule has 0 fully saturated rings. The number of hydrogen-bond acceptors (Lipinski definition) is 5. The van der Waals surface area contributed by atoms with E-state index in [0.717, 1.165) is 0 Å². The van der Waals surface area contributed by atoms with Crippen LogP contribution in [0.5, 0.6) is 11.5 Å². The maximum absolute atomic E-state index is 12.8. The van der Waals surface area contributed by atoms with Crippen LogP contribution in [0, 0.1) is 0 Å². The molecule has 4 rings (SSSR count). The van der Waals surface area contributed by atoms with Crippen LogP contribution in [0.1, 0.15) is 16.7 Å². The molecule has 0 saturated heterocycles. The standard InChI is InChI=1S/C19H12Cl2O5S/c20-16-9-11(22)5-7-13(16)19(14-8-6-12(23)10-17(14)21)15-3-1-2-4-18(15)27(24,25)26-19/h1-10,22-23H. The minimum absolute atomic E-state index is 0.00159. The highest BCUT2D eigenvalue weighted by atomic mass is 35.5. The van der Waals surface area contributed by atoms with Crippen molar-refractivity contribution in [1.29, 1.82) is 0 Å². The predicted octanol–water partition coefficient (Wildman–Crippen LogP) is 4.42. The van der Waals surface area contributed by atoms with Crippen LogP contribution < -0.4 is 0 Å². The molecule has 1 aliphatic heterocycles. The summed E-state index contributed by atoms with van der Waals surface area (Å²) in [5.41, 5.74) is -0.735. The third-order valence-corrected chi connectivity index (χ3v) is 6.42. The zero-order chi connectivity index (χ0) is 19.4. The summed E-state index contributed by atoms with van der Waals surface area (Å²) >= 11 is 12.7. The lowest BCUT2D eigenvalue weighted by molar-refractivity contribution is 0.180. The largest absolute Gasteiger partial charge is 0.508 e. The number of fused-ring (bicyclic) bond motifs is 1. The first-order valence-electron chi connectivity index (χ1n) is 7.79. The molecule has 1 aliphatic rings. The molecule has 0 atom stereocenters. The minimum atomic E-state index is -4.11. The van der Waals surface area contributed by atoms with Gasteiger partial charge in [0, 0.05) is 16.7 Å². The summed E-state index contributed by atoms with van der Waals surface area (Å²) in [6, 6.07) is 14.7. The van der Waals surface area contributed by atoms with Crippen molar-refractivity contribution < 1.29 is 22.8 Å². The molecule has 0 spiro atoms. The molecule has 8 heteroatoms. The molecule has 3 aromatic carbocycles. The Balaban J connectivity index is 2.16. The highest BCUT2D eigenvalue weighted by molar-refractivity contribution is 7.87. The fourth-order valence-electron chi connectivity index (χ4n) is 3.33. The maximum atomic E-state index is 12.8. The molecule has 27 heavy (non-hydrogen) atoms. The van der Waals surface area contributed by atoms with E-state index >= 15 is 0 Å². The van der Waals surface area contributed by atoms with Crippen molar-refractivity contribution in [3.63, 3.8) is 0 Å². The summed E-state index contributed by atoms with van der Waals surface area (Å²) in [6.07, 6.45) is 0. The van der Waals surface area contributed by atoms with Crippen LogP contribution in [0.3, 0.4) is 0 Å². The van der Waals surface area contributed by atoms with Gasteiger partial charge in [-0.25, -0.2) is 4.18 Å². The second kappa shape index (κ2) is 6.14. The lowest BCUT2D eigenvalue weighted by Gasteiger charge is -2.31. The molecule has 0 aromatic heterocycles. The fraction of sp³-hybridized carbons (Fsp3) is 0.0526. The van der Waals surface area contributed by atoms with E-state index in [1.165, 1.54) is 42.5 Å². The number of phenolic OH excluding ortho intramolecular Hbond substituents is 2. The topological polar surface area (TPSA) is 83.8 Å². The number of aromatic hydroxyl groups is 2. The smallest absolute Gasteiger partial charge is 0.298 e. The molecule has 1 heterocycles. The molecule has 138 valence electrons. The van der Waals surface area contributed by atoms with Gasteiger partial charge in [0.1, 0.15) is 16.4 Å². The van der Waals surface area contributed by atoms with Crippen molar-refractivity contribution in [2.24, 2.45) is 0 Å². The highest BCUT2D eigenvalue weighted by Gasteiger charge is 2.53. The average molecular weight is 423 g/mol. The SMILES string of the molecule is O=S1(=O)OC(c2ccc(O)cc2Cl)(c2ccc(O)cc2Cl)c2ccccc21. The van der Waals surface area contributed by atoms with Gasteiger partial charge >= 0.3 is 0 Å². The first-order chi connectivity index (χ1) is 12.8. The van der Waals surface area contributed by atoms with E-state index in [0.29, 0.717) is 16.7 Å². The summed E-state index contributed by atoms with van der Waals surface area (Å²) in [6.45, 7) is 0. The quantitative estimate of drug-likeness (QED) is 0.597. The van der Waals surface area contributed by atoms with Gasteiger partial charge in [0.15, 0.2) is 5.60 Å².